The van der Waals surface area contributed by atoms with Crippen LogP contribution < -0.4 is 5.32 Å². The van der Waals surface area contributed by atoms with E-state index in [-0.39, 0.29) is 23.8 Å². The minimum Gasteiger partial charge on any atom is -0.345 e. The first-order valence-electron chi connectivity index (χ1n) is 6.92. The monoisotopic (exact) mass is 278 g/mol. The summed E-state index contributed by atoms with van der Waals surface area (Å²) in [6.07, 6.45) is 6.19. The Bertz CT molecular complexity index is 476. The highest BCUT2D eigenvalue weighted by atomic mass is 16.2. The van der Waals surface area contributed by atoms with Crippen molar-refractivity contribution < 1.29 is 9.59 Å². The van der Waals surface area contributed by atoms with Gasteiger partial charge in [-0.25, -0.2) is 4.98 Å². The van der Waals surface area contributed by atoms with Crippen LogP contribution in [0.1, 0.15) is 27.2 Å². The molecule has 1 aliphatic rings. The third kappa shape index (κ3) is 3.18. The maximum absolute atomic E-state index is 12.1. The third-order valence-electron chi connectivity index (χ3n) is 3.49. The summed E-state index contributed by atoms with van der Waals surface area (Å²) in [6.45, 7) is 7.45. The first kappa shape index (κ1) is 14.6. The van der Waals surface area contributed by atoms with Gasteiger partial charge in [-0.05, 0) is 11.8 Å². The van der Waals surface area contributed by atoms with E-state index < -0.39 is 6.04 Å². The lowest BCUT2D eigenvalue weighted by Crippen LogP contribution is -2.62. The van der Waals surface area contributed by atoms with Crippen molar-refractivity contribution >= 4 is 11.8 Å². The van der Waals surface area contributed by atoms with Crippen LogP contribution in [0.15, 0.2) is 18.7 Å². The van der Waals surface area contributed by atoms with E-state index in [1.165, 1.54) is 0 Å². The number of imidazole rings is 1. The van der Waals surface area contributed by atoms with Gasteiger partial charge in [-0.1, -0.05) is 20.8 Å². The Kier molecular flexibility index (Phi) is 4.11. The molecule has 6 heteroatoms. The molecule has 1 N–H and O–H groups in total. The first-order chi connectivity index (χ1) is 9.39. The van der Waals surface area contributed by atoms with E-state index in [0.29, 0.717) is 6.54 Å². The molecule has 0 saturated carbocycles. The smallest absolute Gasteiger partial charge is 0.243 e. The van der Waals surface area contributed by atoms with Crippen molar-refractivity contribution in [3.63, 3.8) is 0 Å². The number of amides is 2. The van der Waals surface area contributed by atoms with Crippen molar-refractivity contribution in [1.82, 2.24) is 19.8 Å². The van der Waals surface area contributed by atoms with Crippen molar-refractivity contribution in [2.24, 2.45) is 5.41 Å². The minimum atomic E-state index is -0.397. The van der Waals surface area contributed by atoms with Crippen molar-refractivity contribution in [2.45, 2.75) is 39.8 Å². The van der Waals surface area contributed by atoms with Gasteiger partial charge in [-0.3, -0.25) is 9.59 Å². The van der Waals surface area contributed by atoms with E-state index in [0.717, 1.165) is 13.0 Å². The zero-order valence-electron chi connectivity index (χ0n) is 12.3. The number of aryl methyl sites for hydroxylation is 1. The molecule has 0 spiro atoms. The summed E-state index contributed by atoms with van der Waals surface area (Å²) < 4.78 is 1.97. The number of nitrogens with one attached hydrogen (secondary N) is 1. The molecule has 110 valence electrons. The molecule has 1 fully saturated rings. The molecule has 1 unspecified atom stereocenters. The van der Waals surface area contributed by atoms with E-state index in [2.05, 4.69) is 10.3 Å². The van der Waals surface area contributed by atoms with Gasteiger partial charge in [-0.15, -0.1) is 0 Å². The molecule has 0 aliphatic carbocycles. The van der Waals surface area contributed by atoms with Crippen molar-refractivity contribution in [1.29, 1.82) is 0 Å². The molecule has 20 heavy (non-hydrogen) atoms. The maximum Gasteiger partial charge on any atom is 0.243 e. The summed E-state index contributed by atoms with van der Waals surface area (Å²) in [5.74, 6) is -0.0603. The Morgan fingerprint density at radius 3 is 2.70 bits per heavy atom. The van der Waals surface area contributed by atoms with Crippen LogP contribution in [-0.2, 0) is 16.1 Å². The number of aromatic nitrogens is 2. The van der Waals surface area contributed by atoms with Gasteiger partial charge in [0.1, 0.15) is 6.04 Å². The predicted molar refractivity (Wildman–Crippen MR) is 74.8 cm³/mol. The van der Waals surface area contributed by atoms with Crippen LogP contribution in [-0.4, -0.2) is 45.4 Å². The number of rotatable bonds is 4. The average Bonchev–Trinajstić information content (AvgIpc) is 2.85. The third-order valence-corrected chi connectivity index (χ3v) is 3.49. The van der Waals surface area contributed by atoms with Crippen molar-refractivity contribution in [2.75, 3.05) is 13.1 Å². The lowest BCUT2D eigenvalue weighted by molar-refractivity contribution is -0.150. The Hall–Kier alpha value is -1.85. The van der Waals surface area contributed by atoms with Crippen molar-refractivity contribution in [3.05, 3.63) is 18.7 Å². The maximum atomic E-state index is 12.1. The number of hydrogen-bond donors (Lipinski definition) is 1. The molecular formula is C14H22N4O2. The molecule has 1 aromatic rings. The summed E-state index contributed by atoms with van der Waals surface area (Å²) >= 11 is 0. The SMILES string of the molecule is CC(C)(C)C1C(=O)NCC(=O)N1CCCn1ccnc1. The molecule has 2 amide bonds. The Balaban J connectivity index is 2.01. The topological polar surface area (TPSA) is 67.2 Å². The van der Waals surface area contributed by atoms with Crippen LogP contribution in [0.2, 0.25) is 0 Å². The average molecular weight is 278 g/mol. The number of piperazine rings is 1. The lowest BCUT2D eigenvalue weighted by atomic mass is 9.84. The number of carbonyl (C=O) groups is 2. The first-order valence-corrected chi connectivity index (χ1v) is 6.92. The van der Waals surface area contributed by atoms with Gasteiger partial charge in [0, 0.05) is 25.5 Å². The van der Waals surface area contributed by atoms with Crippen LogP contribution in [0.3, 0.4) is 0 Å². The van der Waals surface area contributed by atoms with Gasteiger partial charge in [0.05, 0.1) is 12.9 Å². The van der Waals surface area contributed by atoms with Gasteiger partial charge >= 0.3 is 0 Å². The molecule has 6 nitrogen and oxygen atoms in total. The molecule has 2 rings (SSSR count). The molecule has 2 heterocycles. The van der Waals surface area contributed by atoms with Crippen LogP contribution in [0.5, 0.6) is 0 Å². The molecule has 1 aliphatic heterocycles. The normalized spacial score (nSPS) is 20.1. The fourth-order valence-electron chi connectivity index (χ4n) is 2.60. The number of hydrogen-bond acceptors (Lipinski definition) is 3. The predicted octanol–water partition coefficient (Wildman–Crippen LogP) is 0.646. The molecule has 0 radical (unpaired) electrons. The van der Waals surface area contributed by atoms with Gasteiger partial charge in [0.25, 0.3) is 0 Å². The largest absolute Gasteiger partial charge is 0.345 e. The van der Waals surface area contributed by atoms with Gasteiger partial charge in [0.15, 0.2) is 0 Å². The summed E-state index contributed by atoms with van der Waals surface area (Å²) in [5.41, 5.74) is -0.269. The van der Waals surface area contributed by atoms with Crippen LogP contribution in [0, 0.1) is 5.41 Å². The Labute approximate surface area is 119 Å². The summed E-state index contributed by atoms with van der Waals surface area (Å²) in [4.78, 5) is 29.9. The van der Waals surface area contributed by atoms with E-state index >= 15 is 0 Å². The van der Waals surface area contributed by atoms with Gasteiger partial charge in [-0.2, -0.15) is 0 Å². The molecular weight excluding hydrogens is 256 g/mol. The lowest BCUT2D eigenvalue weighted by Gasteiger charge is -2.42. The fourth-order valence-corrected chi connectivity index (χ4v) is 2.60. The van der Waals surface area contributed by atoms with Crippen LogP contribution >= 0.6 is 0 Å². The summed E-state index contributed by atoms with van der Waals surface area (Å²) in [6, 6.07) is -0.397. The second kappa shape index (κ2) is 5.64. The zero-order valence-corrected chi connectivity index (χ0v) is 12.3. The Morgan fingerprint density at radius 2 is 2.10 bits per heavy atom. The van der Waals surface area contributed by atoms with Gasteiger partial charge < -0.3 is 14.8 Å². The highest BCUT2D eigenvalue weighted by Crippen LogP contribution is 2.26. The van der Waals surface area contributed by atoms with E-state index in [1.54, 1.807) is 17.4 Å². The fraction of sp³-hybridized carbons (Fsp3) is 0.643. The molecule has 0 bridgehead atoms. The van der Waals surface area contributed by atoms with Crippen LogP contribution in [0.25, 0.3) is 0 Å². The summed E-state index contributed by atoms with van der Waals surface area (Å²) in [5, 5.41) is 2.68. The summed E-state index contributed by atoms with van der Waals surface area (Å²) in [7, 11) is 0. The van der Waals surface area contributed by atoms with E-state index in [4.69, 9.17) is 0 Å². The second-order valence-corrected chi connectivity index (χ2v) is 6.23. The molecule has 1 aromatic heterocycles. The molecule has 0 aromatic carbocycles. The second-order valence-electron chi connectivity index (χ2n) is 6.23. The van der Waals surface area contributed by atoms with Crippen molar-refractivity contribution in [3.8, 4) is 0 Å². The standard InChI is InChI=1S/C14H22N4O2/c1-14(2,3)12-13(20)16-9-11(19)18(12)7-4-6-17-8-5-15-10-17/h5,8,10,12H,4,6-7,9H2,1-3H3,(H,16,20). The zero-order chi connectivity index (χ0) is 14.8. The van der Waals surface area contributed by atoms with Gasteiger partial charge in [0.2, 0.25) is 11.8 Å². The van der Waals surface area contributed by atoms with Crippen LogP contribution in [0.4, 0.5) is 0 Å². The highest BCUT2D eigenvalue weighted by Gasteiger charge is 2.41. The number of nitrogens with zero attached hydrogens (tertiary/aromatic N) is 3. The molecule has 1 saturated heterocycles. The molecule has 1 atom stereocenters. The van der Waals surface area contributed by atoms with E-state index in [1.807, 2.05) is 31.5 Å². The Morgan fingerprint density at radius 1 is 1.35 bits per heavy atom. The van der Waals surface area contributed by atoms with E-state index in [9.17, 15) is 9.59 Å². The number of carbonyl (C=O) groups excluding carboxylic acids is 2. The quantitative estimate of drug-likeness (QED) is 0.879. The highest BCUT2D eigenvalue weighted by molar-refractivity contribution is 5.95. The minimum absolute atomic E-state index is 0.00449.